The topological polar surface area (TPSA) is 676 Å². The van der Waals surface area contributed by atoms with Crippen LogP contribution in [0.1, 0.15) is 107 Å². The molecule has 0 aromatic rings. The number of ether oxygens (including phenoxy) is 8. The number of aliphatic carboxylic acids is 4. The average Bonchev–Trinajstić information content (AvgIpc) is 0.835. The Kier molecular flexibility index (Phi) is 60.1. The first-order chi connectivity index (χ1) is 60.5. The second kappa shape index (κ2) is 63.8. The maximum Gasteiger partial charge on any atom is 0.320 e. The Balaban J connectivity index is 4.33. The minimum Gasteiger partial charge on any atom is -0.480 e. The molecule has 1 rings (SSSR count). The molecule has 128 heavy (non-hydrogen) atoms. The predicted molar refractivity (Wildman–Crippen MR) is 460 cm³/mol. The summed E-state index contributed by atoms with van der Waals surface area (Å²) in [7, 11) is 0. The van der Waals surface area contributed by atoms with Gasteiger partial charge in [0.25, 0.3) is 0 Å². The van der Waals surface area contributed by atoms with Crippen LogP contribution in [0.4, 0.5) is 0 Å². The van der Waals surface area contributed by atoms with E-state index in [9.17, 15) is 140 Å². The van der Waals surface area contributed by atoms with E-state index in [2.05, 4.69) is 21.3 Å². The zero-order valence-corrected chi connectivity index (χ0v) is 76.7. The molecule has 4 amide bonds. The molecular formula is C84H160N8O36. The third-order valence-corrected chi connectivity index (χ3v) is 23.1. The fraction of sp³-hybridized carbons (Fsp3) is 0.905. The third-order valence-electron chi connectivity index (χ3n) is 23.1. The summed E-state index contributed by atoms with van der Waals surface area (Å²) in [5.74, 6) is -11.3. The summed E-state index contributed by atoms with van der Waals surface area (Å²) < 4.78 is 47.0. The zero-order valence-electron chi connectivity index (χ0n) is 76.7. The molecule has 0 bridgehead atoms. The van der Waals surface area contributed by atoms with E-state index in [4.69, 9.17) is 37.9 Å². The lowest BCUT2D eigenvalue weighted by molar-refractivity contribution is -0.148. The average molecular weight is 1860 g/mol. The highest BCUT2D eigenvalue weighted by atomic mass is 16.5. The molecule has 1 fully saturated rings. The van der Waals surface area contributed by atoms with Gasteiger partial charge in [-0.3, -0.25) is 58.0 Å². The summed E-state index contributed by atoms with van der Waals surface area (Å²) in [6.07, 6.45) is -3.74. The highest BCUT2D eigenvalue weighted by molar-refractivity contribution is 5.81. The lowest BCUT2D eigenvalue weighted by Gasteiger charge is -2.40. The third kappa shape index (κ3) is 47.5. The number of carbonyl (C=O) groups is 8. The van der Waals surface area contributed by atoms with Crippen molar-refractivity contribution in [1.82, 2.24) is 40.9 Å². The Morgan fingerprint density at radius 1 is 0.234 bits per heavy atom. The van der Waals surface area contributed by atoms with Gasteiger partial charge in [0.2, 0.25) is 23.6 Å². The molecule has 4 unspecified atom stereocenters. The Morgan fingerprint density at radius 3 is 0.453 bits per heavy atom. The van der Waals surface area contributed by atoms with Crippen molar-refractivity contribution in [2.75, 3.05) is 290 Å². The SMILES string of the molecule is CC(CO)(CO)COCC(CNC(=O)CCC(C(=O)O)N1CCN(C(CCC(=O)NCC(COCC(C)(CO)CO)COCC(C)(CO)CO)C(=O)O)CCN(C(CCC(=O)NCC(COCC(C)(CO)CO)COCC(C)(CO)CO)C(=O)O)CCN(C(CCC(=O)NCC(COCC(C)(CO)CO)COCC(C)(CO)CO)C(=O)O)CC1)COCC(C)(CO)CO. The molecule has 44 heteroatoms. The summed E-state index contributed by atoms with van der Waals surface area (Å²) >= 11 is 0. The fourth-order valence-electron chi connectivity index (χ4n) is 12.6. The quantitative estimate of drug-likeness (QED) is 0.0269. The minimum absolute atomic E-state index is 0.107. The van der Waals surface area contributed by atoms with Gasteiger partial charge in [0.05, 0.1) is 211 Å². The molecule has 44 nitrogen and oxygen atoms in total. The zero-order chi connectivity index (χ0) is 96.8. The maximum absolute atomic E-state index is 14.1. The van der Waals surface area contributed by atoms with Crippen molar-refractivity contribution in [3.05, 3.63) is 0 Å². The Hall–Kier alpha value is -5.36. The second-order valence-corrected chi connectivity index (χ2v) is 37.5. The first-order valence-electron chi connectivity index (χ1n) is 43.8. The number of amides is 4. The van der Waals surface area contributed by atoms with Crippen LogP contribution in [0.15, 0.2) is 0 Å². The number of carbonyl (C=O) groups excluding carboxylic acids is 4. The molecule has 0 spiro atoms. The fourth-order valence-corrected chi connectivity index (χ4v) is 12.6. The van der Waals surface area contributed by atoms with E-state index in [-0.39, 0.29) is 184 Å². The van der Waals surface area contributed by atoms with E-state index in [1.54, 1.807) is 55.4 Å². The molecule has 0 radical (unpaired) electrons. The number of carboxylic acid groups (broad SMARTS) is 4. The van der Waals surface area contributed by atoms with E-state index in [1.807, 2.05) is 0 Å². The molecular weight excluding hydrogens is 1700 g/mol. The van der Waals surface area contributed by atoms with Crippen molar-refractivity contribution in [3.63, 3.8) is 0 Å². The Morgan fingerprint density at radius 2 is 0.352 bits per heavy atom. The maximum atomic E-state index is 14.1. The Labute approximate surface area is 751 Å². The van der Waals surface area contributed by atoms with Crippen molar-refractivity contribution in [2.45, 2.75) is 131 Å². The van der Waals surface area contributed by atoms with Crippen molar-refractivity contribution in [3.8, 4) is 0 Å². The molecule has 0 saturated carbocycles. The lowest BCUT2D eigenvalue weighted by atomic mass is 9.94. The molecule has 4 atom stereocenters. The van der Waals surface area contributed by atoms with Crippen LogP contribution < -0.4 is 21.3 Å². The molecule has 1 saturated heterocycles. The van der Waals surface area contributed by atoms with Crippen LogP contribution in [0.25, 0.3) is 0 Å². The van der Waals surface area contributed by atoms with Gasteiger partial charge in [0.1, 0.15) is 24.2 Å². The smallest absolute Gasteiger partial charge is 0.320 e. The van der Waals surface area contributed by atoms with Crippen LogP contribution in [0.2, 0.25) is 0 Å². The summed E-state index contributed by atoms with van der Waals surface area (Å²) in [6.45, 7) is -0.0179. The van der Waals surface area contributed by atoms with Crippen molar-refractivity contribution in [1.29, 1.82) is 0 Å². The number of aliphatic hydroxyl groups excluding tert-OH is 16. The first-order valence-corrected chi connectivity index (χ1v) is 43.8. The summed E-state index contributed by atoms with van der Waals surface area (Å²) in [6, 6.07) is -6.48. The van der Waals surface area contributed by atoms with Crippen molar-refractivity contribution in [2.24, 2.45) is 67.0 Å². The minimum atomic E-state index is -1.62. The van der Waals surface area contributed by atoms with E-state index in [0.717, 1.165) is 0 Å². The Bertz CT molecular complexity index is 2550. The van der Waals surface area contributed by atoms with E-state index in [0.29, 0.717) is 0 Å². The van der Waals surface area contributed by atoms with Gasteiger partial charge in [-0.15, -0.1) is 0 Å². The van der Waals surface area contributed by atoms with E-state index in [1.165, 1.54) is 19.6 Å². The first kappa shape index (κ1) is 121. The van der Waals surface area contributed by atoms with Gasteiger partial charge in [0.15, 0.2) is 0 Å². The highest BCUT2D eigenvalue weighted by Crippen LogP contribution is 2.26. The normalized spacial score (nSPS) is 15.7. The van der Waals surface area contributed by atoms with E-state index < -0.39 is 296 Å². The summed E-state index contributed by atoms with van der Waals surface area (Å²) in [4.78, 5) is 118. The van der Waals surface area contributed by atoms with Crippen LogP contribution in [-0.4, -0.2) is 483 Å². The summed E-state index contributed by atoms with van der Waals surface area (Å²) in [5, 5.41) is 215. The molecule has 1 aliphatic rings. The molecule has 0 aromatic carbocycles. The summed E-state index contributed by atoms with van der Waals surface area (Å²) in [5.41, 5.74) is -8.46. The largest absolute Gasteiger partial charge is 0.480 e. The number of aliphatic hydroxyl groups is 16. The number of nitrogens with zero attached hydrogens (tertiary/aromatic N) is 4. The molecule has 1 heterocycles. The van der Waals surface area contributed by atoms with Crippen molar-refractivity contribution >= 4 is 47.5 Å². The molecule has 24 N–H and O–H groups in total. The van der Waals surface area contributed by atoms with Gasteiger partial charge in [-0.2, -0.15) is 0 Å². The van der Waals surface area contributed by atoms with Gasteiger partial charge in [0, 0.05) is 171 Å². The van der Waals surface area contributed by atoms with Crippen LogP contribution in [0, 0.1) is 67.0 Å². The second-order valence-electron chi connectivity index (χ2n) is 37.5. The van der Waals surface area contributed by atoms with Gasteiger partial charge in [-0.05, 0) is 25.7 Å². The van der Waals surface area contributed by atoms with Crippen molar-refractivity contribution < 1.29 is 178 Å². The number of carboxylic acids is 4. The van der Waals surface area contributed by atoms with Crippen LogP contribution >= 0.6 is 0 Å². The molecule has 0 aliphatic carbocycles. The monoisotopic (exact) mass is 1860 g/mol. The number of nitrogens with one attached hydrogen (secondary N) is 4. The van der Waals surface area contributed by atoms with Crippen LogP contribution in [0.3, 0.4) is 0 Å². The van der Waals surface area contributed by atoms with Gasteiger partial charge in [-0.1, -0.05) is 55.4 Å². The van der Waals surface area contributed by atoms with Gasteiger partial charge in [-0.25, -0.2) is 0 Å². The van der Waals surface area contributed by atoms with Crippen LogP contribution in [-0.2, 0) is 76.3 Å². The lowest BCUT2D eigenvalue weighted by Crippen LogP contribution is -2.56. The molecule has 752 valence electrons. The molecule has 1 aliphatic heterocycles. The highest BCUT2D eigenvalue weighted by Gasteiger charge is 2.39. The van der Waals surface area contributed by atoms with Gasteiger partial charge >= 0.3 is 23.9 Å². The van der Waals surface area contributed by atoms with Gasteiger partial charge < -0.3 is 161 Å². The number of hydrogen-bond donors (Lipinski definition) is 24. The van der Waals surface area contributed by atoms with E-state index >= 15 is 0 Å². The predicted octanol–water partition coefficient (Wildman–Crippen LogP) is -6.87. The molecule has 0 aromatic heterocycles. The number of hydrogen-bond acceptors (Lipinski definition) is 36. The standard InChI is InChI=1S/C84H160N8O36/c1-77(37-93,38-94)53-121-29-61(30-122-54-78(2,39-95)40-96)25-85-69(109)13-9-65(73(113)114)89-17-19-90(66(74(115)116)10-14-70(110)86-26-62(31-123-55-79(3,41-97)42-98)32-124-56-80(4,43-99)44-100)21-23-92(68(76(119)120)12-16-72(112)88-28-64(35-127-59-83(7,49-105)50-106)36-128-60-84(8,51-107)52-108)24-22-91(20-18-89)67(75(117)118)11-15-71(111)87-27-63(33-125-57-81(5,45-101)46-102)34-126-58-82(6,47-103)48-104/h61-68,93-108H,9-60H2,1-8H3,(H,85,109)(H,86,110)(H,87,111)(H,88,112)(H,113,114)(H,115,116)(H,117,118)(H,119,120). The number of rotatable bonds is 76. The van der Waals surface area contributed by atoms with Crippen LogP contribution in [0.5, 0.6) is 0 Å².